The van der Waals surface area contributed by atoms with Gasteiger partial charge in [-0.15, -0.1) is 0 Å². The molecular weight excluding hydrogens is 376 g/mol. The van der Waals surface area contributed by atoms with Crippen LogP contribution in [0.25, 0.3) is 0 Å². The molecule has 2 aromatic rings. The van der Waals surface area contributed by atoms with Crippen molar-refractivity contribution in [3.05, 3.63) is 57.9 Å². The van der Waals surface area contributed by atoms with Crippen LogP contribution in [-0.4, -0.2) is 41.0 Å². The van der Waals surface area contributed by atoms with Crippen LogP contribution in [0.4, 0.5) is 0 Å². The summed E-state index contributed by atoms with van der Waals surface area (Å²) in [6, 6.07) is 8.35. The number of rotatable bonds is 6. The van der Waals surface area contributed by atoms with Crippen LogP contribution < -0.4 is 0 Å². The third-order valence-corrected chi connectivity index (χ3v) is 6.47. The second-order valence-corrected chi connectivity index (χ2v) is 8.22. The Hall–Kier alpha value is -2.56. The zero-order chi connectivity index (χ0) is 21.8. The summed E-state index contributed by atoms with van der Waals surface area (Å²) < 4.78 is 7.36. The summed E-state index contributed by atoms with van der Waals surface area (Å²) in [4.78, 5) is 27.5. The minimum absolute atomic E-state index is 0.0752. The van der Waals surface area contributed by atoms with Gasteiger partial charge in [0.2, 0.25) is 0 Å². The Labute approximate surface area is 180 Å². The second kappa shape index (κ2) is 9.50. The molecule has 0 bridgehead atoms. The van der Waals surface area contributed by atoms with Gasteiger partial charge in [-0.1, -0.05) is 31.2 Å². The van der Waals surface area contributed by atoms with E-state index in [1.54, 1.807) is 0 Å². The van der Waals surface area contributed by atoms with Gasteiger partial charge >= 0.3 is 5.97 Å². The Balaban J connectivity index is 1.87. The number of likely N-dealkylation sites (tertiary alicyclic amines) is 1. The Bertz CT molecular complexity index is 921. The fourth-order valence-corrected chi connectivity index (χ4v) is 4.63. The quantitative estimate of drug-likeness (QED) is 0.662. The highest BCUT2D eigenvalue weighted by molar-refractivity contribution is 5.95. The van der Waals surface area contributed by atoms with Crippen LogP contribution in [0.2, 0.25) is 0 Å². The van der Waals surface area contributed by atoms with E-state index in [0.717, 1.165) is 17.7 Å². The predicted molar refractivity (Wildman–Crippen MR) is 119 cm³/mol. The molecule has 1 fully saturated rings. The summed E-state index contributed by atoms with van der Waals surface area (Å²) in [7, 11) is 0. The predicted octanol–water partition coefficient (Wildman–Crippen LogP) is 4.44. The van der Waals surface area contributed by atoms with Gasteiger partial charge in [0.15, 0.2) is 0 Å². The Morgan fingerprint density at radius 2 is 1.73 bits per heavy atom. The summed E-state index contributed by atoms with van der Waals surface area (Å²) in [6.07, 6.45) is 2.24. The summed E-state index contributed by atoms with van der Waals surface area (Å²) >= 11 is 0. The normalized spacial score (nSPS) is 14.8. The van der Waals surface area contributed by atoms with Crippen molar-refractivity contribution in [3.63, 3.8) is 0 Å². The molecule has 0 N–H and O–H groups in total. The van der Waals surface area contributed by atoms with E-state index in [-0.39, 0.29) is 17.8 Å². The molecule has 1 aliphatic heterocycles. The molecule has 5 nitrogen and oxygen atoms in total. The third kappa shape index (κ3) is 4.30. The van der Waals surface area contributed by atoms with Crippen molar-refractivity contribution in [2.24, 2.45) is 5.92 Å². The minimum Gasteiger partial charge on any atom is -0.466 e. The van der Waals surface area contributed by atoms with Crippen LogP contribution in [0.15, 0.2) is 24.3 Å². The molecule has 30 heavy (non-hydrogen) atoms. The molecule has 5 heteroatoms. The lowest BCUT2D eigenvalue weighted by atomic mass is 9.96. The number of esters is 1. The highest BCUT2D eigenvalue weighted by Crippen LogP contribution is 2.28. The number of aryl methyl sites for hydroxylation is 1. The van der Waals surface area contributed by atoms with Gasteiger partial charge in [0.05, 0.1) is 12.5 Å². The molecule has 1 amide bonds. The van der Waals surface area contributed by atoms with Gasteiger partial charge in [-0.05, 0) is 69.2 Å². The maximum absolute atomic E-state index is 13.6. The maximum atomic E-state index is 13.6. The Morgan fingerprint density at radius 3 is 2.33 bits per heavy atom. The lowest BCUT2D eigenvalue weighted by Gasteiger charge is -2.31. The van der Waals surface area contributed by atoms with Crippen molar-refractivity contribution in [2.45, 2.75) is 60.4 Å². The Morgan fingerprint density at radius 1 is 1.07 bits per heavy atom. The number of hydrogen-bond acceptors (Lipinski definition) is 3. The number of amides is 1. The van der Waals surface area contributed by atoms with Crippen LogP contribution in [-0.2, 0) is 22.5 Å². The van der Waals surface area contributed by atoms with Crippen molar-refractivity contribution in [3.8, 4) is 0 Å². The standard InChI is InChI=1S/C25H34N2O3/c1-6-22-18(4)23(27(19(22)5)16-21-11-9-8-10-17(21)3)24(28)26-14-12-20(13-15-26)25(29)30-7-2/h8-11,20H,6-7,12-16H2,1-5H3. The van der Waals surface area contributed by atoms with Crippen molar-refractivity contribution < 1.29 is 14.3 Å². The molecule has 2 heterocycles. The first-order valence-corrected chi connectivity index (χ1v) is 11.1. The van der Waals surface area contributed by atoms with Gasteiger partial charge in [0, 0.05) is 25.3 Å². The van der Waals surface area contributed by atoms with Gasteiger partial charge in [0.25, 0.3) is 5.91 Å². The largest absolute Gasteiger partial charge is 0.466 e. The lowest BCUT2D eigenvalue weighted by molar-refractivity contribution is -0.149. The second-order valence-electron chi connectivity index (χ2n) is 8.22. The van der Waals surface area contributed by atoms with Gasteiger partial charge < -0.3 is 14.2 Å². The van der Waals surface area contributed by atoms with Crippen molar-refractivity contribution in [1.29, 1.82) is 0 Å². The molecule has 162 valence electrons. The van der Waals surface area contributed by atoms with Crippen LogP contribution >= 0.6 is 0 Å². The van der Waals surface area contributed by atoms with E-state index in [9.17, 15) is 9.59 Å². The molecule has 0 spiro atoms. The number of carbonyl (C=O) groups excluding carboxylic acids is 2. The molecule has 0 saturated carbocycles. The lowest BCUT2D eigenvalue weighted by Crippen LogP contribution is -2.41. The SMILES string of the molecule is CCOC(=O)C1CCN(C(=O)c2c(C)c(CC)c(C)n2Cc2ccccc2C)CC1. The first-order chi connectivity index (χ1) is 14.4. The van der Waals surface area contributed by atoms with Crippen LogP contribution in [0.5, 0.6) is 0 Å². The fourth-order valence-electron chi connectivity index (χ4n) is 4.63. The van der Waals surface area contributed by atoms with Crippen LogP contribution in [0.1, 0.15) is 65.1 Å². The van der Waals surface area contributed by atoms with Crippen LogP contribution in [0.3, 0.4) is 0 Å². The monoisotopic (exact) mass is 410 g/mol. The molecule has 3 rings (SSSR count). The van der Waals surface area contributed by atoms with E-state index in [1.807, 2.05) is 17.9 Å². The van der Waals surface area contributed by atoms with E-state index in [0.29, 0.717) is 39.1 Å². The fraction of sp³-hybridized carbons (Fsp3) is 0.520. The van der Waals surface area contributed by atoms with Crippen LogP contribution in [0, 0.1) is 26.7 Å². The molecule has 0 aliphatic carbocycles. The molecule has 1 aromatic carbocycles. The summed E-state index contributed by atoms with van der Waals surface area (Å²) in [5.74, 6) is -0.152. The number of aromatic nitrogens is 1. The zero-order valence-electron chi connectivity index (χ0n) is 19.0. The smallest absolute Gasteiger partial charge is 0.309 e. The van der Waals surface area contributed by atoms with E-state index in [4.69, 9.17) is 4.74 Å². The molecular formula is C25H34N2O3. The maximum Gasteiger partial charge on any atom is 0.309 e. The molecule has 0 radical (unpaired) electrons. The summed E-state index contributed by atoms with van der Waals surface area (Å²) in [5, 5.41) is 0. The first-order valence-electron chi connectivity index (χ1n) is 11.1. The topological polar surface area (TPSA) is 51.5 Å². The number of nitrogens with zero attached hydrogens (tertiary/aromatic N) is 2. The van der Waals surface area contributed by atoms with Crippen molar-refractivity contribution in [2.75, 3.05) is 19.7 Å². The van der Waals surface area contributed by atoms with E-state index in [2.05, 4.69) is 50.5 Å². The molecule has 1 aromatic heterocycles. The molecule has 1 aliphatic rings. The number of ether oxygens (including phenoxy) is 1. The number of carbonyl (C=O) groups is 2. The zero-order valence-corrected chi connectivity index (χ0v) is 19.0. The van der Waals surface area contributed by atoms with E-state index >= 15 is 0 Å². The molecule has 0 atom stereocenters. The average molecular weight is 411 g/mol. The third-order valence-electron chi connectivity index (χ3n) is 6.47. The summed E-state index contributed by atoms with van der Waals surface area (Å²) in [6.45, 7) is 12.6. The minimum atomic E-state index is -0.132. The number of piperidine rings is 1. The van der Waals surface area contributed by atoms with Crippen molar-refractivity contribution >= 4 is 11.9 Å². The number of hydrogen-bond donors (Lipinski definition) is 0. The van der Waals surface area contributed by atoms with Gasteiger partial charge in [-0.2, -0.15) is 0 Å². The first kappa shape index (κ1) is 22.1. The molecule has 0 unspecified atom stereocenters. The van der Waals surface area contributed by atoms with Crippen molar-refractivity contribution in [1.82, 2.24) is 9.47 Å². The Kier molecular flexibility index (Phi) is 7.01. The van der Waals surface area contributed by atoms with Gasteiger partial charge in [0.1, 0.15) is 5.69 Å². The van der Waals surface area contributed by atoms with E-state index < -0.39 is 0 Å². The average Bonchev–Trinajstić information content (AvgIpc) is 2.98. The summed E-state index contributed by atoms with van der Waals surface area (Å²) in [5.41, 5.74) is 6.77. The van der Waals surface area contributed by atoms with Gasteiger partial charge in [-0.3, -0.25) is 9.59 Å². The highest BCUT2D eigenvalue weighted by atomic mass is 16.5. The van der Waals surface area contributed by atoms with E-state index in [1.165, 1.54) is 22.4 Å². The number of benzene rings is 1. The highest BCUT2D eigenvalue weighted by Gasteiger charge is 2.31. The molecule has 1 saturated heterocycles. The van der Waals surface area contributed by atoms with Gasteiger partial charge in [-0.25, -0.2) is 0 Å².